The Morgan fingerprint density at radius 1 is 1.21 bits per heavy atom. The van der Waals surface area contributed by atoms with Crippen LogP contribution in [0.3, 0.4) is 0 Å². The first-order valence-electron chi connectivity index (χ1n) is 8.71. The first-order valence-corrected chi connectivity index (χ1v) is 10.4. The van der Waals surface area contributed by atoms with Crippen molar-refractivity contribution in [1.29, 1.82) is 0 Å². The Labute approximate surface area is 176 Å². The fourth-order valence-corrected chi connectivity index (χ4v) is 3.50. The summed E-state index contributed by atoms with van der Waals surface area (Å²) in [5, 5.41) is 15.9. The first kappa shape index (κ1) is 20.3. The average Bonchev–Trinajstić information content (AvgIpc) is 3.19. The number of rotatable bonds is 9. The Morgan fingerprint density at radius 2 is 2.00 bits per heavy atom. The largest absolute Gasteiger partial charge is 0.490 e. The molecule has 0 amide bonds. The summed E-state index contributed by atoms with van der Waals surface area (Å²) in [5.74, 6) is 1.17. The molecule has 1 aromatic heterocycles. The molecule has 0 aliphatic carbocycles. The number of nitrogens with one attached hydrogen (secondary N) is 1. The zero-order valence-electron chi connectivity index (χ0n) is 15.3. The van der Waals surface area contributed by atoms with E-state index in [1.807, 2.05) is 48.7 Å². The van der Waals surface area contributed by atoms with Crippen LogP contribution in [0.25, 0.3) is 11.3 Å². The van der Waals surface area contributed by atoms with Crippen LogP contribution in [0.5, 0.6) is 11.5 Å². The monoisotopic (exact) mass is 461 g/mol. The summed E-state index contributed by atoms with van der Waals surface area (Å²) in [6.07, 6.45) is 1.69. The van der Waals surface area contributed by atoms with Gasteiger partial charge in [-0.1, -0.05) is 30.3 Å². The van der Waals surface area contributed by atoms with Crippen molar-refractivity contribution in [3.8, 4) is 22.8 Å². The quantitative estimate of drug-likeness (QED) is 0.353. The molecule has 0 fully saturated rings. The van der Waals surface area contributed by atoms with Gasteiger partial charge in [0.05, 0.1) is 25.1 Å². The van der Waals surface area contributed by atoms with Gasteiger partial charge in [-0.15, -0.1) is 11.3 Å². The molecule has 0 aliphatic heterocycles. The number of hydrogen-bond donors (Lipinski definition) is 2. The maximum absolute atomic E-state index is 8.96. The van der Waals surface area contributed by atoms with Crippen LogP contribution in [0.15, 0.2) is 57.4 Å². The molecule has 6 nitrogen and oxygen atoms in total. The van der Waals surface area contributed by atoms with Gasteiger partial charge >= 0.3 is 0 Å². The number of benzene rings is 2. The summed E-state index contributed by atoms with van der Waals surface area (Å²) in [6.45, 7) is 2.55. The summed E-state index contributed by atoms with van der Waals surface area (Å²) in [7, 11) is 0. The minimum absolute atomic E-state index is 0.0604. The fraction of sp³-hybridized carbons (Fsp3) is 0.200. The van der Waals surface area contributed by atoms with Gasteiger partial charge in [0.15, 0.2) is 11.5 Å². The van der Waals surface area contributed by atoms with Crippen LogP contribution in [0.1, 0.15) is 12.5 Å². The number of anilines is 1. The Kier molecular flexibility index (Phi) is 7.41. The molecule has 1 heterocycles. The molecule has 2 N–H and O–H groups in total. The topological polar surface area (TPSA) is 76.0 Å². The van der Waals surface area contributed by atoms with Crippen molar-refractivity contribution in [2.75, 3.05) is 25.2 Å². The van der Waals surface area contributed by atoms with Crippen molar-refractivity contribution in [1.82, 2.24) is 4.98 Å². The van der Waals surface area contributed by atoms with Gasteiger partial charge in [-0.25, -0.2) is 4.98 Å². The van der Waals surface area contributed by atoms with E-state index in [-0.39, 0.29) is 13.2 Å². The standard InChI is InChI=1S/C20H20BrN3O3S/c1-2-26-18-10-15(16(21)11-19(18)27-9-8-25)12-22-24-20-23-17(13-28-20)14-6-4-3-5-7-14/h3-7,10-13,25H,2,8-9H2,1H3,(H,23,24). The number of nitrogens with zero attached hydrogens (tertiary/aromatic N) is 2. The molecule has 146 valence electrons. The van der Waals surface area contributed by atoms with Crippen LogP contribution in [-0.4, -0.2) is 36.1 Å². The zero-order chi connectivity index (χ0) is 19.8. The van der Waals surface area contributed by atoms with E-state index in [0.29, 0.717) is 23.2 Å². The molecule has 8 heteroatoms. The van der Waals surface area contributed by atoms with Crippen LogP contribution in [0, 0.1) is 0 Å². The third kappa shape index (κ3) is 5.31. The Hall–Kier alpha value is -2.42. The van der Waals surface area contributed by atoms with E-state index in [4.69, 9.17) is 14.6 Å². The Bertz CT molecular complexity index is 932. The summed E-state index contributed by atoms with van der Waals surface area (Å²) < 4.78 is 12.0. The third-order valence-corrected chi connectivity index (χ3v) is 5.08. The number of hydrogen-bond acceptors (Lipinski definition) is 7. The zero-order valence-corrected chi connectivity index (χ0v) is 17.7. The molecule has 3 aromatic rings. The molecular formula is C20H20BrN3O3S. The predicted molar refractivity (Wildman–Crippen MR) is 117 cm³/mol. The lowest BCUT2D eigenvalue weighted by Crippen LogP contribution is -2.05. The van der Waals surface area contributed by atoms with E-state index in [0.717, 1.165) is 21.3 Å². The van der Waals surface area contributed by atoms with Crippen molar-refractivity contribution in [3.63, 3.8) is 0 Å². The number of aliphatic hydroxyl groups excluding tert-OH is 1. The molecule has 0 radical (unpaired) electrons. The number of aliphatic hydroxyl groups is 1. The molecule has 0 unspecified atom stereocenters. The van der Waals surface area contributed by atoms with Gasteiger partial charge in [-0.3, -0.25) is 5.43 Å². The number of hydrazone groups is 1. The minimum Gasteiger partial charge on any atom is -0.490 e. The molecule has 0 saturated heterocycles. The van der Waals surface area contributed by atoms with E-state index in [1.54, 1.807) is 12.3 Å². The van der Waals surface area contributed by atoms with Gasteiger partial charge in [-0.2, -0.15) is 5.10 Å². The van der Waals surface area contributed by atoms with E-state index >= 15 is 0 Å². The Morgan fingerprint density at radius 3 is 2.75 bits per heavy atom. The highest BCUT2D eigenvalue weighted by Gasteiger charge is 2.10. The van der Waals surface area contributed by atoms with Crippen molar-refractivity contribution >= 4 is 38.6 Å². The van der Waals surface area contributed by atoms with Crippen LogP contribution >= 0.6 is 27.3 Å². The van der Waals surface area contributed by atoms with E-state index in [2.05, 4.69) is 31.4 Å². The molecule has 0 saturated carbocycles. The van der Waals surface area contributed by atoms with Gasteiger partial charge in [-0.05, 0) is 35.0 Å². The molecule has 3 rings (SSSR count). The SMILES string of the molecule is CCOc1cc(C=NNc2nc(-c3ccccc3)cs2)c(Br)cc1OCCO. The summed E-state index contributed by atoms with van der Waals surface area (Å²) >= 11 is 5.01. The van der Waals surface area contributed by atoms with Crippen molar-refractivity contribution in [2.45, 2.75) is 6.92 Å². The van der Waals surface area contributed by atoms with Crippen LogP contribution < -0.4 is 14.9 Å². The molecule has 0 atom stereocenters. The average molecular weight is 462 g/mol. The number of ether oxygens (including phenoxy) is 2. The predicted octanol–water partition coefficient (Wildman–Crippen LogP) is 4.79. The molecule has 0 spiro atoms. The van der Waals surface area contributed by atoms with Crippen molar-refractivity contribution in [3.05, 3.63) is 57.9 Å². The summed E-state index contributed by atoms with van der Waals surface area (Å²) in [6, 6.07) is 13.6. The minimum atomic E-state index is -0.0604. The van der Waals surface area contributed by atoms with Crippen LogP contribution in [-0.2, 0) is 0 Å². The second-order valence-corrected chi connectivity index (χ2v) is 7.31. The highest BCUT2D eigenvalue weighted by Crippen LogP contribution is 2.33. The van der Waals surface area contributed by atoms with Gasteiger partial charge in [0.25, 0.3) is 0 Å². The lowest BCUT2D eigenvalue weighted by Gasteiger charge is -2.13. The van der Waals surface area contributed by atoms with Gasteiger partial charge in [0, 0.05) is 21.0 Å². The molecule has 2 aromatic carbocycles. The summed E-state index contributed by atoms with van der Waals surface area (Å²) in [4.78, 5) is 4.54. The third-order valence-electron chi connectivity index (χ3n) is 3.65. The highest BCUT2D eigenvalue weighted by atomic mass is 79.9. The first-order chi connectivity index (χ1) is 13.7. The normalized spacial score (nSPS) is 11.0. The van der Waals surface area contributed by atoms with E-state index < -0.39 is 0 Å². The molecular weight excluding hydrogens is 442 g/mol. The lowest BCUT2D eigenvalue weighted by atomic mass is 10.2. The Balaban J connectivity index is 1.71. The van der Waals surface area contributed by atoms with Crippen LogP contribution in [0.2, 0.25) is 0 Å². The van der Waals surface area contributed by atoms with Crippen LogP contribution in [0.4, 0.5) is 5.13 Å². The van der Waals surface area contributed by atoms with E-state index in [1.165, 1.54) is 11.3 Å². The van der Waals surface area contributed by atoms with Gasteiger partial charge < -0.3 is 14.6 Å². The van der Waals surface area contributed by atoms with Crippen molar-refractivity contribution < 1.29 is 14.6 Å². The van der Waals surface area contributed by atoms with E-state index in [9.17, 15) is 0 Å². The number of thiazole rings is 1. The maximum Gasteiger partial charge on any atom is 0.203 e. The number of halogens is 1. The second kappa shape index (κ2) is 10.2. The maximum atomic E-state index is 8.96. The summed E-state index contributed by atoms with van der Waals surface area (Å²) in [5.41, 5.74) is 5.77. The van der Waals surface area contributed by atoms with Crippen molar-refractivity contribution in [2.24, 2.45) is 5.10 Å². The smallest absolute Gasteiger partial charge is 0.203 e. The number of aromatic nitrogens is 1. The molecule has 28 heavy (non-hydrogen) atoms. The second-order valence-electron chi connectivity index (χ2n) is 5.60. The molecule has 0 aliphatic rings. The molecule has 0 bridgehead atoms. The van der Waals surface area contributed by atoms with Gasteiger partial charge in [0.2, 0.25) is 5.13 Å². The fourth-order valence-electron chi connectivity index (χ4n) is 2.41. The highest BCUT2D eigenvalue weighted by molar-refractivity contribution is 9.10. The van der Waals surface area contributed by atoms with Gasteiger partial charge in [0.1, 0.15) is 6.61 Å². The lowest BCUT2D eigenvalue weighted by molar-refractivity contribution is 0.194.